The van der Waals surface area contributed by atoms with Crippen LogP contribution in [0.2, 0.25) is 0 Å². The Kier molecular flexibility index (Phi) is 0.631. The summed E-state index contributed by atoms with van der Waals surface area (Å²) in [6.07, 6.45) is 0. The molecule has 8 heteroatoms. The molecule has 0 aromatic heterocycles. The Hall–Kier alpha value is 0.198. The van der Waals surface area contributed by atoms with Crippen LogP contribution in [-0.2, 0) is 16.0 Å². The van der Waals surface area contributed by atoms with E-state index >= 15 is 0 Å². The van der Waals surface area contributed by atoms with Crippen molar-refractivity contribution in [2.75, 3.05) is 0 Å². The van der Waals surface area contributed by atoms with Gasteiger partial charge in [-0.3, -0.25) is 0 Å². The van der Waals surface area contributed by atoms with Crippen molar-refractivity contribution in [2.24, 2.45) is 0 Å². The molecule has 0 aromatic carbocycles. The summed E-state index contributed by atoms with van der Waals surface area (Å²) in [6, 6.07) is 0. The molecule has 55 valence electrons. The molecule has 0 saturated heterocycles. The van der Waals surface area contributed by atoms with Crippen molar-refractivity contribution >= 4 is 0 Å². The summed E-state index contributed by atoms with van der Waals surface area (Å²) < 4.78 is 69.6. The number of hydrogen-bond acceptors (Lipinski definition) is 0. The van der Waals surface area contributed by atoms with Crippen LogP contribution in [0, 0.1) is 0 Å². The van der Waals surface area contributed by atoms with Crippen LogP contribution in [0.15, 0.2) is 0 Å². The van der Waals surface area contributed by atoms with E-state index in [0.717, 1.165) is 0 Å². The van der Waals surface area contributed by atoms with Crippen molar-refractivity contribution in [1.29, 1.82) is 0 Å². The molecule has 0 nitrogen and oxygen atoms in total. The Balaban J connectivity index is 5.14. The van der Waals surface area contributed by atoms with Crippen LogP contribution in [0.3, 0.4) is 0 Å². The predicted molar refractivity (Wildman–Crippen MR) is 7.76 cm³/mol. The molecule has 0 heterocycles. The summed E-state index contributed by atoms with van der Waals surface area (Å²) in [7, 11) is 0. The topological polar surface area (TPSA) is 0 Å². The van der Waals surface area contributed by atoms with E-state index in [1.165, 1.54) is 0 Å². The van der Waals surface area contributed by atoms with E-state index in [4.69, 9.17) is 0 Å². The van der Waals surface area contributed by atoms with Crippen LogP contribution in [0.4, 0.5) is 22.1 Å². The standard InChI is InChI=1S/7FH.W/h7*1H;/q;;;;;;;+7/p-7. The van der Waals surface area contributed by atoms with Gasteiger partial charge >= 0.3 is 38.1 Å². The van der Waals surface area contributed by atoms with Crippen molar-refractivity contribution in [3.8, 4) is 0 Å². The van der Waals surface area contributed by atoms with Gasteiger partial charge in [-0.1, -0.05) is 0 Å². The molecule has 0 aliphatic rings. The van der Waals surface area contributed by atoms with Crippen LogP contribution in [0.25, 0.3) is 0 Å². The number of rotatable bonds is 0. The van der Waals surface area contributed by atoms with E-state index in [1.54, 1.807) is 0 Å². The van der Waals surface area contributed by atoms with Gasteiger partial charge in [0.05, 0.1) is 0 Å². The molecule has 0 N–H and O–H groups in total. The first-order valence-corrected chi connectivity index (χ1v) is 8.84. The van der Waals surface area contributed by atoms with E-state index < -0.39 is 16.0 Å². The number of halogens is 7. The van der Waals surface area contributed by atoms with Gasteiger partial charge in [0.2, 0.25) is 0 Å². The fourth-order valence-electron chi connectivity index (χ4n) is 0. The Bertz CT molecular complexity index is 96.6. The van der Waals surface area contributed by atoms with Gasteiger partial charge in [0.25, 0.3) is 0 Å². The van der Waals surface area contributed by atoms with E-state index in [0.29, 0.717) is 0 Å². The van der Waals surface area contributed by atoms with Gasteiger partial charge in [-0.25, -0.2) is 0 Å². The molecule has 0 aromatic rings. The van der Waals surface area contributed by atoms with Crippen molar-refractivity contribution in [2.45, 2.75) is 0 Å². The van der Waals surface area contributed by atoms with Gasteiger partial charge in [0.15, 0.2) is 0 Å². The van der Waals surface area contributed by atoms with Gasteiger partial charge in [0, 0.05) is 0 Å². The maximum atomic E-state index is 9.94. The third-order valence-corrected chi connectivity index (χ3v) is 0. The molecule has 0 saturated carbocycles. The van der Waals surface area contributed by atoms with Gasteiger partial charge < -0.3 is 0 Å². The van der Waals surface area contributed by atoms with Gasteiger partial charge in [-0.2, -0.15) is 0 Å². The quantitative estimate of drug-likeness (QED) is 0.603. The second-order valence-electron chi connectivity index (χ2n) is 1.22. The molecule has 0 amide bonds. The van der Waals surface area contributed by atoms with Crippen LogP contribution in [0.5, 0.6) is 0 Å². The molecule has 8 heavy (non-hydrogen) atoms. The monoisotopic (exact) mass is 317 g/mol. The summed E-state index contributed by atoms with van der Waals surface area (Å²) in [4.78, 5) is 0. The minimum atomic E-state index is -13.3. The first-order chi connectivity index (χ1) is 2.65. The second-order valence-corrected chi connectivity index (χ2v) is 10.0. The maximum absolute atomic E-state index is 13.3. The zero-order valence-corrected chi connectivity index (χ0v) is 5.99. The predicted octanol–water partition coefficient (Wildman–Crippen LogP) is 2.94. The molecule has 0 spiro atoms. The van der Waals surface area contributed by atoms with E-state index in [1.807, 2.05) is 0 Å². The molecule has 0 unspecified atom stereocenters. The molecular weight excluding hydrogens is 317 g/mol. The van der Waals surface area contributed by atoms with Gasteiger partial charge in [-0.15, -0.1) is 0 Å². The molecule has 0 rings (SSSR count). The van der Waals surface area contributed by atoms with Crippen LogP contribution in [0.1, 0.15) is 0 Å². The molecule has 0 fully saturated rings. The zero-order valence-electron chi connectivity index (χ0n) is 3.05. The summed E-state index contributed by atoms with van der Waals surface area (Å²) in [5.74, 6) is 0. The minimum absolute atomic E-state index is 9.94. The van der Waals surface area contributed by atoms with Crippen molar-refractivity contribution in [3.63, 3.8) is 0 Å². The Morgan fingerprint density at radius 1 is 0.500 bits per heavy atom. The Morgan fingerprint density at radius 2 is 0.500 bits per heavy atom. The van der Waals surface area contributed by atoms with E-state index in [9.17, 15) is 22.1 Å². The molecule has 0 radical (unpaired) electrons. The van der Waals surface area contributed by atoms with Crippen LogP contribution in [-0.4, -0.2) is 0 Å². The van der Waals surface area contributed by atoms with Crippen LogP contribution < -0.4 is 0 Å². The van der Waals surface area contributed by atoms with E-state index in [-0.39, 0.29) is 0 Å². The Morgan fingerprint density at radius 3 is 0.500 bits per heavy atom. The van der Waals surface area contributed by atoms with Crippen molar-refractivity contribution in [3.05, 3.63) is 0 Å². The SMILES string of the molecule is [F][W]([F])([F])([F])([F])([F])[F]. The summed E-state index contributed by atoms with van der Waals surface area (Å²) in [6.45, 7) is 0. The fourth-order valence-corrected chi connectivity index (χ4v) is 0. The van der Waals surface area contributed by atoms with Gasteiger partial charge in [0.1, 0.15) is 0 Å². The normalized spacial score (nSPS) is 27.1. The zero-order chi connectivity index (χ0) is 7.38. The summed E-state index contributed by atoms with van der Waals surface area (Å²) in [5.41, 5.74) is 0. The van der Waals surface area contributed by atoms with Crippen LogP contribution >= 0.6 is 0 Å². The fraction of sp³-hybridized carbons (Fsp3) is 0. The molecular formula is F7W. The first kappa shape index (κ1) is 8.20. The van der Waals surface area contributed by atoms with Crippen molar-refractivity contribution < 1.29 is 38.1 Å². The second kappa shape index (κ2) is 0.615. The molecule has 0 bridgehead atoms. The van der Waals surface area contributed by atoms with Gasteiger partial charge in [-0.05, 0) is 0 Å². The average Bonchev–Trinajstić information content (AvgIpc) is 0.544. The molecule has 0 aliphatic carbocycles. The third kappa shape index (κ3) is 4260. The average molecular weight is 317 g/mol. The number of hydrogen-bond donors (Lipinski definition) is 0. The Labute approximate surface area is 38.9 Å². The summed E-state index contributed by atoms with van der Waals surface area (Å²) >= 11 is -13.3. The molecule has 0 atom stereocenters. The third-order valence-electron chi connectivity index (χ3n) is 0. The van der Waals surface area contributed by atoms with Crippen molar-refractivity contribution in [1.82, 2.24) is 0 Å². The summed E-state index contributed by atoms with van der Waals surface area (Å²) in [5, 5.41) is 0. The van der Waals surface area contributed by atoms with E-state index in [2.05, 4.69) is 0 Å². The molecule has 0 aliphatic heterocycles. The first-order valence-electron chi connectivity index (χ1n) is 1.08.